The number of benzene rings is 1. The largest absolute Gasteiger partial charge is 0.366 e. The van der Waals surface area contributed by atoms with Gasteiger partial charge in [0.05, 0.1) is 28.0 Å². The SMILES string of the molecule is Cl.N#Cc1cc(F)cc(CNc2c3c(nc4c(Br)cnn24)C2(CCNCC2)CC3)c1. The summed E-state index contributed by atoms with van der Waals surface area (Å²) >= 11 is 3.57. The van der Waals surface area contributed by atoms with Crippen LogP contribution < -0.4 is 10.6 Å². The summed E-state index contributed by atoms with van der Waals surface area (Å²) in [6.45, 7) is 2.43. The molecule has 1 aliphatic heterocycles. The van der Waals surface area contributed by atoms with Gasteiger partial charge in [0.25, 0.3) is 0 Å². The average Bonchev–Trinajstić information content (AvgIpc) is 3.27. The molecule has 1 spiro atoms. The molecule has 2 aromatic heterocycles. The van der Waals surface area contributed by atoms with Crippen molar-refractivity contribution in [3.05, 3.63) is 57.1 Å². The second kappa shape index (κ2) is 8.14. The molecule has 2 aliphatic rings. The van der Waals surface area contributed by atoms with E-state index in [1.54, 1.807) is 12.3 Å². The minimum absolute atomic E-state index is 0. The van der Waals surface area contributed by atoms with E-state index < -0.39 is 5.82 Å². The molecule has 3 heterocycles. The zero-order valence-electron chi connectivity index (χ0n) is 16.2. The van der Waals surface area contributed by atoms with Gasteiger partial charge in [-0.15, -0.1) is 12.4 Å². The third kappa shape index (κ3) is 3.45. The Hall–Kier alpha value is -2.21. The molecule has 5 rings (SSSR count). The van der Waals surface area contributed by atoms with Gasteiger partial charge in [0.15, 0.2) is 5.65 Å². The Morgan fingerprint density at radius 1 is 1.27 bits per heavy atom. The first-order valence-corrected chi connectivity index (χ1v) is 10.6. The van der Waals surface area contributed by atoms with Crippen molar-refractivity contribution in [3.8, 4) is 6.07 Å². The Labute approximate surface area is 188 Å². The Kier molecular flexibility index (Phi) is 5.71. The van der Waals surface area contributed by atoms with Crippen molar-refractivity contribution in [2.75, 3.05) is 18.4 Å². The molecular weight excluding hydrogens is 471 g/mol. The van der Waals surface area contributed by atoms with E-state index in [-0.39, 0.29) is 17.8 Å². The fraction of sp³-hybridized carbons (Fsp3) is 0.381. The first-order valence-electron chi connectivity index (χ1n) is 9.80. The van der Waals surface area contributed by atoms with E-state index in [1.807, 2.05) is 10.6 Å². The van der Waals surface area contributed by atoms with Gasteiger partial charge in [-0.25, -0.2) is 9.37 Å². The van der Waals surface area contributed by atoms with Crippen LogP contribution in [0.2, 0.25) is 0 Å². The summed E-state index contributed by atoms with van der Waals surface area (Å²) in [6, 6.07) is 6.43. The number of rotatable bonds is 3. The molecule has 1 saturated heterocycles. The number of aromatic nitrogens is 3. The van der Waals surface area contributed by atoms with Crippen LogP contribution in [0.5, 0.6) is 0 Å². The predicted octanol–water partition coefficient (Wildman–Crippen LogP) is 4.10. The van der Waals surface area contributed by atoms with Crippen LogP contribution in [-0.4, -0.2) is 27.7 Å². The Morgan fingerprint density at radius 3 is 2.83 bits per heavy atom. The van der Waals surface area contributed by atoms with E-state index in [2.05, 4.69) is 31.7 Å². The molecule has 0 radical (unpaired) electrons. The number of piperidine rings is 1. The zero-order chi connectivity index (χ0) is 20.0. The second-order valence-electron chi connectivity index (χ2n) is 7.86. The van der Waals surface area contributed by atoms with E-state index in [0.29, 0.717) is 12.1 Å². The van der Waals surface area contributed by atoms with Crippen molar-refractivity contribution in [2.24, 2.45) is 0 Å². The van der Waals surface area contributed by atoms with Crippen LogP contribution in [-0.2, 0) is 18.4 Å². The molecule has 3 aromatic rings. The summed E-state index contributed by atoms with van der Waals surface area (Å²) < 4.78 is 16.5. The van der Waals surface area contributed by atoms with Crippen LogP contribution in [0, 0.1) is 17.1 Å². The van der Waals surface area contributed by atoms with Crippen LogP contribution >= 0.6 is 28.3 Å². The molecule has 9 heteroatoms. The third-order valence-electron chi connectivity index (χ3n) is 6.17. The van der Waals surface area contributed by atoms with E-state index in [1.165, 1.54) is 23.4 Å². The molecule has 156 valence electrons. The molecule has 30 heavy (non-hydrogen) atoms. The highest BCUT2D eigenvalue weighted by molar-refractivity contribution is 9.10. The lowest BCUT2D eigenvalue weighted by Gasteiger charge is -2.34. The van der Waals surface area contributed by atoms with Gasteiger partial charge in [-0.05, 0) is 78.5 Å². The monoisotopic (exact) mass is 490 g/mol. The van der Waals surface area contributed by atoms with Gasteiger partial charge >= 0.3 is 0 Å². The van der Waals surface area contributed by atoms with Crippen molar-refractivity contribution in [2.45, 2.75) is 37.6 Å². The van der Waals surface area contributed by atoms with Crippen molar-refractivity contribution >= 4 is 39.8 Å². The molecule has 0 unspecified atom stereocenters. The standard InChI is InChI=1S/C21H20BrFN6.ClH/c22-17-12-27-29-19(26-11-14-7-13(10-24)8-15(23)9-14)16-1-2-21(3-5-25-6-4-21)18(16)28-20(17)29;/h7-9,12,25-26H,1-6,11H2;1H. The normalized spacial score (nSPS) is 16.8. The van der Waals surface area contributed by atoms with Gasteiger partial charge in [0.2, 0.25) is 0 Å². The lowest BCUT2D eigenvalue weighted by Crippen LogP contribution is -2.39. The number of nitrogens with zero attached hydrogens (tertiary/aromatic N) is 4. The van der Waals surface area contributed by atoms with Crippen LogP contribution in [0.15, 0.2) is 28.9 Å². The molecule has 0 amide bonds. The van der Waals surface area contributed by atoms with Crippen LogP contribution in [0.4, 0.5) is 10.2 Å². The van der Waals surface area contributed by atoms with Crippen molar-refractivity contribution < 1.29 is 4.39 Å². The highest BCUT2D eigenvalue weighted by Gasteiger charge is 2.43. The number of fused-ring (bicyclic) bond motifs is 3. The molecule has 1 aliphatic carbocycles. The van der Waals surface area contributed by atoms with Gasteiger partial charge in [-0.2, -0.15) is 14.9 Å². The number of anilines is 1. The number of hydrogen-bond acceptors (Lipinski definition) is 5. The van der Waals surface area contributed by atoms with Crippen molar-refractivity contribution in [1.29, 1.82) is 5.26 Å². The lowest BCUT2D eigenvalue weighted by molar-refractivity contribution is 0.301. The molecule has 0 atom stereocenters. The van der Waals surface area contributed by atoms with Gasteiger partial charge < -0.3 is 10.6 Å². The molecule has 6 nitrogen and oxygen atoms in total. The quantitative estimate of drug-likeness (QED) is 0.577. The maximum absolute atomic E-state index is 13.8. The zero-order valence-corrected chi connectivity index (χ0v) is 18.6. The van der Waals surface area contributed by atoms with Crippen molar-refractivity contribution in [3.63, 3.8) is 0 Å². The third-order valence-corrected chi connectivity index (χ3v) is 6.72. The summed E-state index contributed by atoms with van der Waals surface area (Å²) in [5.41, 5.74) is 4.33. The number of halogens is 3. The number of nitriles is 1. The Balaban J connectivity index is 0.00000218. The maximum atomic E-state index is 13.8. The second-order valence-corrected chi connectivity index (χ2v) is 8.71. The number of hydrogen-bond donors (Lipinski definition) is 2. The summed E-state index contributed by atoms with van der Waals surface area (Å²) in [6.07, 6.45) is 5.97. The molecule has 2 N–H and O–H groups in total. The lowest BCUT2D eigenvalue weighted by atomic mass is 9.77. The summed E-state index contributed by atoms with van der Waals surface area (Å²) in [5.74, 6) is 0.510. The van der Waals surface area contributed by atoms with Crippen LogP contribution in [0.3, 0.4) is 0 Å². The van der Waals surface area contributed by atoms with Gasteiger partial charge in [0, 0.05) is 17.5 Å². The Bertz CT molecular complexity index is 1150. The fourth-order valence-electron chi connectivity index (χ4n) is 4.73. The van der Waals surface area contributed by atoms with Crippen molar-refractivity contribution in [1.82, 2.24) is 19.9 Å². The van der Waals surface area contributed by atoms with Crippen LogP contribution in [0.25, 0.3) is 5.65 Å². The van der Waals surface area contributed by atoms with E-state index in [0.717, 1.165) is 60.3 Å². The minimum Gasteiger partial charge on any atom is -0.366 e. The Morgan fingerprint density at radius 2 is 2.07 bits per heavy atom. The molecule has 1 fully saturated rings. The predicted molar refractivity (Wildman–Crippen MR) is 118 cm³/mol. The fourth-order valence-corrected chi connectivity index (χ4v) is 5.08. The van der Waals surface area contributed by atoms with Crippen LogP contribution in [0.1, 0.15) is 41.6 Å². The molecular formula is C21H21BrClFN6. The maximum Gasteiger partial charge on any atom is 0.171 e. The van der Waals surface area contributed by atoms with E-state index in [9.17, 15) is 4.39 Å². The first kappa shape index (κ1) is 21.0. The van der Waals surface area contributed by atoms with Gasteiger partial charge in [-0.1, -0.05) is 0 Å². The summed E-state index contributed by atoms with van der Waals surface area (Å²) in [7, 11) is 0. The first-order chi connectivity index (χ1) is 14.1. The smallest absolute Gasteiger partial charge is 0.171 e. The number of nitrogens with one attached hydrogen (secondary N) is 2. The highest BCUT2D eigenvalue weighted by Crippen LogP contribution is 2.46. The van der Waals surface area contributed by atoms with Gasteiger partial charge in [-0.3, -0.25) is 0 Å². The van der Waals surface area contributed by atoms with E-state index >= 15 is 0 Å². The highest BCUT2D eigenvalue weighted by atomic mass is 79.9. The summed E-state index contributed by atoms with van der Waals surface area (Å²) in [5, 5.41) is 20.5. The average molecular weight is 492 g/mol. The summed E-state index contributed by atoms with van der Waals surface area (Å²) in [4.78, 5) is 5.03. The molecule has 0 bridgehead atoms. The minimum atomic E-state index is -0.401. The molecule has 1 aromatic carbocycles. The van der Waals surface area contributed by atoms with E-state index in [4.69, 9.17) is 10.2 Å². The topological polar surface area (TPSA) is 78.0 Å². The van der Waals surface area contributed by atoms with Gasteiger partial charge in [0.1, 0.15) is 11.6 Å². The molecule has 0 saturated carbocycles.